The Morgan fingerprint density at radius 2 is 1.90 bits per heavy atom. The molecule has 5 nitrogen and oxygen atoms in total. The van der Waals surface area contributed by atoms with Gasteiger partial charge in [-0.05, 0) is 18.9 Å². The van der Waals surface area contributed by atoms with Crippen LogP contribution in [0, 0.1) is 11.6 Å². The lowest BCUT2D eigenvalue weighted by Crippen LogP contribution is -2.24. The average molecular weight is 284 g/mol. The summed E-state index contributed by atoms with van der Waals surface area (Å²) in [6.45, 7) is 0.461. The van der Waals surface area contributed by atoms with Crippen molar-refractivity contribution in [2.75, 3.05) is 11.9 Å². The lowest BCUT2D eigenvalue weighted by atomic mass is 10.1. The number of carboxylic acid groups (broad SMARTS) is 1. The summed E-state index contributed by atoms with van der Waals surface area (Å²) < 4.78 is 26.1. The second-order valence-electron chi connectivity index (χ2n) is 4.64. The van der Waals surface area contributed by atoms with Crippen molar-refractivity contribution in [3.63, 3.8) is 0 Å². The van der Waals surface area contributed by atoms with Gasteiger partial charge in [0, 0.05) is 25.1 Å². The molecule has 0 aliphatic heterocycles. The van der Waals surface area contributed by atoms with Crippen LogP contribution in [0.25, 0.3) is 0 Å². The average Bonchev–Trinajstić information content (AvgIpc) is 3.17. The second-order valence-corrected chi connectivity index (χ2v) is 4.64. The highest BCUT2D eigenvalue weighted by atomic mass is 19.2. The number of rotatable bonds is 6. The zero-order valence-corrected chi connectivity index (χ0v) is 10.6. The summed E-state index contributed by atoms with van der Waals surface area (Å²) in [4.78, 5) is 22.6. The number of benzene rings is 1. The number of hydrogen-bond acceptors (Lipinski definition) is 3. The third kappa shape index (κ3) is 3.74. The Labute approximate surface area is 114 Å². The maximum atomic E-state index is 13.1. The monoisotopic (exact) mass is 284 g/mol. The van der Waals surface area contributed by atoms with Gasteiger partial charge in [-0.1, -0.05) is 0 Å². The molecule has 2 rings (SSSR count). The molecule has 1 aliphatic rings. The summed E-state index contributed by atoms with van der Waals surface area (Å²) in [5.41, 5.74) is -0.722. The van der Waals surface area contributed by atoms with Crippen LogP contribution in [0.3, 0.4) is 0 Å². The fourth-order valence-electron chi connectivity index (χ4n) is 1.72. The van der Waals surface area contributed by atoms with E-state index in [0.29, 0.717) is 24.7 Å². The number of nitrogens with one attached hydrogen (secondary N) is 2. The van der Waals surface area contributed by atoms with Gasteiger partial charge in [-0.25, -0.2) is 13.6 Å². The van der Waals surface area contributed by atoms with Crippen LogP contribution in [0.4, 0.5) is 14.5 Å². The largest absolute Gasteiger partial charge is 0.478 e. The minimum absolute atomic E-state index is 0.133. The molecule has 1 fully saturated rings. The summed E-state index contributed by atoms with van der Waals surface area (Å²) >= 11 is 0. The molecule has 7 heteroatoms. The minimum Gasteiger partial charge on any atom is -0.478 e. The van der Waals surface area contributed by atoms with Crippen molar-refractivity contribution in [1.82, 2.24) is 5.32 Å². The number of amides is 1. The fraction of sp³-hybridized carbons (Fsp3) is 0.385. The predicted molar refractivity (Wildman–Crippen MR) is 67.6 cm³/mol. The smallest absolute Gasteiger partial charge is 0.337 e. The van der Waals surface area contributed by atoms with E-state index in [-0.39, 0.29) is 12.1 Å². The Balaban J connectivity index is 2.00. The molecule has 0 bridgehead atoms. The van der Waals surface area contributed by atoms with Crippen molar-refractivity contribution in [2.45, 2.75) is 25.3 Å². The molecule has 0 aromatic heterocycles. The van der Waals surface area contributed by atoms with E-state index in [1.807, 2.05) is 0 Å². The number of carbonyl (C=O) groups excluding carboxylic acids is 1. The molecule has 0 spiro atoms. The van der Waals surface area contributed by atoms with Crippen molar-refractivity contribution in [2.24, 2.45) is 0 Å². The van der Waals surface area contributed by atoms with Crippen LogP contribution in [0.5, 0.6) is 0 Å². The van der Waals surface area contributed by atoms with Crippen molar-refractivity contribution in [3.05, 3.63) is 29.3 Å². The molecule has 0 heterocycles. The number of carboxylic acids is 1. The Morgan fingerprint density at radius 1 is 1.25 bits per heavy atom. The summed E-state index contributed by atoms with van der Waals surface area (Å²) in [6, 6.07) is 1.68. The topological polar surface area (TPSA) is 78.4 Å². The normalized spacial score (nSPS) is 14.1. The second kappa shape index (κ2) is 5.96. The van der Waals surface area contributed by atoms with Gasteiger partial charge < -0.3 is 15.7 Å². The maximum absolute atomic E-state index is 13.1. The van der Waals surface area contributed by atoms with E-state index in [1.54, 1.807) is 0 Å². The molecular formula is C13H14F2N2O3. The zero-order valence-electron chi connectivity index (χ0n) is 10.6. The molecule has 3 N–H and O–H groups in total. The quantitative estimate of drug-likeness (QED) is 0.743. The number of aromatic carboxylic acids is 1. The number of halogens is 2. The van der Waals surface area contributed by atoms with Crippen LogP contribution >= 0.6 is 0 Å². The summed E-state index contributed by atoms with van der Waals surface area (Å²) in [6.07, 6.45) is 2.32. The zero-order chi connectivity index (χ0) is 14.7. The highest BCUT2D eigenvalue weighted by Crippen LogP contribution is 2.21. The molecule has 1 amide bonds. The first kappa shape index (κ1) is 14.4. The maximum Gasteiger partial charge on any atom is 0.337 e. The van der Waals surface area contributed by atoms with Gasteiger partial charge in [0.25, 0.3) is 0 Å². The SMILES string of the molecule is O=C(CCNC1CC1)Nc1cc(F)c(F)cc1C(=O)O. The number of carbonyl (C=O) groups is 2. The van der Waals surface area contributed by atoms with Crippen molar-refractivity contribution in [1.29, 1.82) is 0 Å². The van der Waals surface area contributed by atoms with Crippen LogP contribution in [0.1, 0.15) is 29.6 Å². The highest BCUT2D eigenvalue weighted by molar-refractivity contribution is 6.00. The summed E-state index contributed by atoms with van der Waals surface area (Å²) in [5.74, 6) is -4.36. The van der Waals surface area contributed by atoms with E-state index < -0.39 is 29.1 Å². The third-order valence-corrected chi connectivity index (χ3v) is 2.93. The lowest BCUT2D eigenvalue weighted by molar-refractivity contribution is -0.116. The Hall–Kier alpha value is -2.02. The van der Waals surface area contributed by atoms with E-state index in [1.165, 1.54) is 0 Å². The van der Waals surface area contributed by atoms with Crippen LogP contribution < -0.4 is 10.6 Å². The van der Waals surface area contributed by atoms with Crippen LogP contribution in [0.2, 0.25) is 0 Å². The molecular weight excluding hydrogens is 270 g/mol. The molecule has 1 aromatic rings. The van der Waals surface area contributed by atoms with Gasteiger partial charge in [0.15, 0.2) is 11.6 Å². The summed E-state index contributed by atoms with van der Waals surface area (Å²) in [7, 11) is 0. The first-order valence-electron chi connectivity index (χ1n) is 6.23. The first-order chi connectivity index (χ1) is 9.47. The van der Waals surface area contributed by atoms with Gasteiger partial charge in [0.1, 0.15) is 0 Å². The van der Waals surface area contributed by atoms with Crippen LogP contribution in [-0.4, -0.2) is 29.6 Å². The highest BCUT2D eigenvalue weighted by Gasteiger charge is 2.21. The minimum atomic E-state index is -1.43. The van der Waals surface area contributed by atoms with Gasteiger partial charge in [-0.2, -0.15) is 0 Å². The van der Waals surface area contributed by atoms with Gasteiger partial charge in [0.05, 0.1) is 11.3 Å². The van der Waals surface area contributed by atoms with Crippen molar-refractivity contribution >= 4 is 17.6 Å². The fourth-order valence-corrected chi connectivity index (χ4v) is 1.72. The Morgan fingerprint density at radius 3 is 2.50 bits per heavy atom. The van der Waals surface area contributed by atoms with Crippen molar-refractivity contribution < 1.29 is 23.5 Å². The van der Waals surface area contributed by atoms with E-state index in [9.17, 15) is 18.4 Å². The number of hydrogen-bond donors (Lipinski definition) is 3. The molecule has 0 unspecified atom stereocenters. The van der Waals surface area contributed by atoms with Crippen molar-refractivity contribution in [3.8, 4) is 0 Å². The molecule has 0 radical (unpaired) electrons. The van der Waals surface area contributed by atoms with Gasteiger partial charge in [-0.15, -0.1) is 0 Å². The third-order valence-electron chi connectivity index (χ3n) is 2.93. The number of anilines is 1. The van der Waals surface area contributed by atoms with E-state index in [2.05, 4.69) is 10.6 Å². The molecule has 108 valence electrons. The predicted octanol–water partition coefficient (Wildman–Crippen LogP) is 1.74. The summed E-state index contributed by atoms with van der Waals surface area (Å²) in [5, 5.41) is 14.3. The lowest BCUT2D eigenvalue weighted by Gasteiger charge is -2.09. The first-order valence-corrected chi connectivity index (χ1v) is 6.23. The Bertz CT molecular complexity index is 545. The van der Waals surface area contributed by atoms with Gasteiger partial charge in [0.2, 0.25) is 5.91 Å². The molecule has 1 saturated carbocycles. The van der Waals surface area contributed by atoms with Crippen LogP contribution in [-0.2, 0) is 4.79 Å². The Kier molecular flexibility index (Phi) is 4.29. The molecule has 20 heavy (non-hydrogen) atoms. The van der Waals surface area contributed by atoms with E-state index in [0.717, 1.165) is 12.8 Å². The van der Waals surface area contributed by atoms with E-state index >= 15 is 0 Å². The molecule has 0 atom stereocenters. The van der Waals surface area contributed by atoms with E-state index in [4.69, 9.17) is 5.11 Å². The molecule has 1 aliphatic carbocycles. The standard InChI is InChI=1S/C13H14F2N2O3/c14-9-5-8(13(19)20)11(6-10(9)15)17-12(18)3-4-16-7-1-2-7/h5-7,16H,1-4H2,(H,17,18)(H,19,20). The molecule has 0 saturated heterocycles. The van der Waals surface area contributed by atoms with Crippen LogP contribution in [0.15, 0.2) is 12.1 Å². The van der Waals surface area contributed by atoms with Gasteiger partial charge >= 0.3 is 5.97 Å². The van der Waals surface area contributed by atoms with Gasteiger partial charge in [-0.3, -0.25) is 4.79 Å². The molecule has 1 aromatic carbocycles.